The van der Waals surface area contributed by atoms with E-state index in [1.807, 2.05) is 26.8 Å². The lowest BCUT2D eigenvalue weighted by atomic mass is 9.99. The molecule has 0 radical (unpaired) electrons. The standard InChI is InChI=1S/C12H21N3O2/c1-5-8(2)11(13)12(16)15(4)7-10-6-9(3)17-14-10/h6,8,11H,5,7,13H2,1-4H3/t8-,11-/m0/s1. The van der Waals surface area contributed by atoms with Gasteiger partial charge in [0.2, 0.25) is 5.91 Å². The molecular formula is C12H21N3O2. The molecule has 0 saturated carbocycles. The van der Waals surface area contributed by atoms with Crippen molar-refractivity contribution in [2.45, 2.75) is 39.8 Å². The van der Waals surface area contributed by atoms with Crippen molar-refractivity contribution in [1.29, 1.82) is 0 Å². The maximum atomic E-state index is 12.0. The highest BCUT2D eigenvalue weighted by Crippen LogP contribution is 2.10. The topological polar surface area (TPSA) is 72.4 Å². The third kappa shape index (κ3) is 3.56. The summed E-state index contributed by atoms with van der Waals surface area (Å²) < 4.78 is 4.96. The molecule has 0 fully saturated rings. The summed E-state index contributed by atoms with van der Waals surface area (Å²) in [5.41, 5.74) is 6.64. The number of amides is 1. The number of aryl methyl sites for hydroxylation is 1. The van der Waals surface area contributed by atoms with E-state index in [9.17, 15) is 4.79 Å². The SMILES string of the molecule is CC[C@H](C)[C@H](N)C(=O)N(C)Cc1cc(C)on1. The highest BCUT2D eigenvalue weighted by atomic mass is 16.5. The average molecular weight is 239 g/mol. The van der Waals surface area contributed by atoms with E-state index < -0.39 is 6.04 Å². The van der Waals surface area contributed by atoms with Gasteiger partial charge in [-0.2, -0.15) is 0 Å². The van der Waals surface area contributed by atoms with Crippen LogP contribution in [0.2, 0.25) is 0 Å². The Hall–Kier alpha value is -1.36. The van der Waals surface area contributed by atoms with Crippen LogP contribution in [-0.4, -0.2) is 29.1 Å². The highest BCUT2D eigenvalue weighted by Gasteiger charge is 2.23. The Morgan fingerprint density at radius 3 is 2.76 bits per heavy atom. The third-order valence-corrected chi connectivity index (χ3v) is 2.99. The van der Waals surface area contributed by atoms with Crippen molar-refractivity contribution in [3.8, 4) is 0 Å². The Morgan fingerprint density at radius 1 is 1.65 bits per heavy atom. The van der Waals surface area contributed by atoms with Crippen LogP contribution in [0, 0.1) is 12.8 Å². The van der Waals surface area contributed by atoms with Gasteiger partial charge in [0.1, 0.15) is 11.5 Å². The van der Waals surface area contributed by atoms with E-state index in [4.69, 9.17) is 10.3 Å². The summed E-state index contributed by atoms with van der Waals surface area (Å²) in [6.45, 7) is 6.26. The number of carbonyl (C=O) groups is 1. The van der Waals surface area contributed by atoms with E-state index in [1.165, 1.54) is 0 Å². The fourth-order valence-corrected chi connectivity index (χ4v) is 1.57. The predicted molar refractivity (Wildman–Crippen MR) is 65.1 cm³/mol. The molecule has 1 heterocycles. The van der Waals surface area contributed by atoms with Crippen molar-refractivity contribution in [1.82, 2.24) is 10.1 Å². The van der Waals surface area contributed by atoms with Crippen molar-refractivity contribution in [3.05, 3.63) is 17.5 Å². The summed E-state index contributed by atoms with van der Waals surface area (Å²) in [6, 6.07) is 1.37. The van der Waals surface area contributed by atoms with E-state index in [0.29, 0.717) is 6.54 Å². The van der Waals surface area contributed by atoms with Crippen molar-refractivity contribution in [3.63, 3.8) is 0 Å². The smallest absolute Gasteiger partial charge is 0.239 e. The van der Waals surface area contributed by atoms with Gasteiger partial charge in [-0.05, 0) is 12.8 Å². The van der Waals surface area contributed by atoms with E-state index in [2.05, 4.69) is 5.16 Å². The second-order valence-corrected chi connectivity index (χ2v) is 4.53. The minimum atomic E-state index is -0.446. The summed E-state index contributed by atoms with van der Waals surface area (Å²) in [7, 11) is 1.73. The second-order valence-electron chi connectivity index (χ2n) is 4.53. The molecule has 5 heteroatoms. The lowest BCUT2D eigenvalue weighted by molar-refractivity contribution is -0.133. The Balaban J connectivity index is 2.58. The van der Waals surface area contributed by atoms with E-state index in [0.717, 1.165) is 17.9 Å². The minimum Gasteiger partial charge on any atom is -0.361 e. The van der Waals surface area contributed by atoms with Gasteiger partial charge in [0, 0.05) is 13.1 Å². The van der Waals surface area contributed by atoms with Crippen LogP contribution in [0.3, 0.4) is 0 Å². The molecule has 0 aliphatic carbocycles. The summed E-state index contributed by atoms with van der Waals surface area (Å²) in [5.74, 6) is 0.871. The molecule has 0 aromatic carbocycles. The number of hydrogen-bond donors (Lipinski definition) is 1. The number of carbonyl (C=O) groups excluding carboxylic acids is 1. The maximum absolute atomic E-state index is 12.0. The van der Waals surface area contributed by atoms with Gasteiger partial charge in [-0.25, -0.2) is 0 Å². The van der Waals surface area contributed by atoms with Crippen LogP contribution < -0.4 is 5.73 Å². The molecule has 1 rings (SSSR count). The third-order valence-electron chi connectivity index (χ3n) is 2.99. The monoisotopic (exact) mass is 239 g/mol. The Labute approximate surface area is 102 Å². The first-order chi connectivity index (χ1) is 7.95. The van der Waals surface area contributed by atoms with Crippen molar-refractivity contribution in [2.24, 2.45) is 11.7 Å². The summed E-state index contributed by atoms with van der Waals surface area (Å²) in [4.78, 5) is 13.6. The highest BCUT2D eigenvalue weighted by molar-refractivity contribution is 5.81. The molecule has 1 aromatic heterocycles. The summed E-state index contributed by atoms with van der Waals surface area (Å²) in [6.07, 6.45) is 0.893. The van der Waals surface area contributed by atoms with E-state index in [-0.39, 0.29) is 11.8 Å². The Kier molecular flexibility index (Phi) is 4.69. The van der Waals surface area contributed by atoms with Crippen molar-refractivity contribution in [2.75, 3.05) is 7.05 Å². The molecule has 1 amide bonds. The predicted octanol–water partition coefficient (Wildman–Crippen LogP) is 1.31. The molecule has 0 unspecified atom stereocenters. The molecule has 5 nitrogen and oxygen atoms in total. The second kappa shape index (κ2) is 5.82. The quantitative estimate of drug-likeness (QED) is 0.841. The van der Waals surface area contributed by atoms with Crippen molar-refractivity contribution >= 4 is 5.91 Å². The normalized spacial score (nSPS) is 14.4. The number of nitrogens with zero attached hydrogens (tertiary/aromatic N) is 2. The number of nitrogens with two attached hydrogens (primary N) is 1. The van der Waals surface area contributed by atoms with Crippen LogP contribution in [0.25, 0.3) is 0 Å². The number of likely N-dealkylation sites (N-methyl/N-ethyl adjacent to an activating group) is 1. The molecule has 17 heavy (non-hydrogen) atoms. The number of rotatable bonds is 5. The van der Waals surface area contributed by atoms with Gasteiger partial charge in [0.25, 0.3) is 0 Å². The molecule has 0 aliphatic heterocycles. The van der Waals surface area contributed by atoms with Crippen LogP contribution in [0.4, 0.5) is 0 Å². The van der Waals surface area contributed by atoms with Gasteiger partial charge in [0.05, 0.1) is 12.6 Å². The van der Waals surface area contributed by atoms with Gasteiger partial charge < -0.3 is 15.2 Å². The molecule has 2 N–H and O–H groups in total. The Bertz CT molecular complexity index is 376. The van der Waals surface area contributed by atoms with Gasteiger partial charge >= 0.3 is 0 Å². The lowest BCUT2D eigenvalue weighted by Crippen LogP contribution is -2.45. The zero-order valence-electron chi connectivity index (χ0n) is 10.9. The zero-order chi connectivity index (χ0) is 13.0. The fourth-order valence-electron chi connectivity index (χ4n) is 1.57. The van der Waals surface area contributed by atoms with Crippen molar-refractivity contribution < 1.29 is 9.32 Å². The number of hydrogen-bond acceptors (Lipinski definition) is 4. The van der Waals surface area contributed by atoms with Crippen LogP contribution >= 0.6 is 0 Å². The first-order valence-corrected chi connectivity index (χ1v) is 5.88. The largest absolute Gasteiger partial charge is 0.361 e. The molecule has 0 saturated heterocycles. The molecule has 0 aliphatic rings. The van der Waals surface area contributed by atoms with Gasteiger partial charge in [0.15, 0.2) is 0 Å². The molecule has 0 spiro atoms. The fraction of sp³-hybridized carbons (Fsp3) is 0.667. The molecule has 0 bridgehead atoms. The molecule has 1 aromatic rings. The Morgan fingerprint density at radius 2 is 2.29 bits per heavy atom. The summed E-state index contributed by atoms with van der Waals surface area (Å²) >= 11 is 0. The average Bonchev–Trinajstić information content (AvgIpc) is 2.71. The molecule has 2 atom stereocenters. The maximum Gasteiger partial charge on any atom is 0.239 e. The van der Waals surface area contributed by atoms with Gasteiger partial charge in [-0.3, -0.25) is 4.79 Å². The summed E-state index contributed by atoms with van der Waals surface area (Å²) in [5, 5.41) is 3.85. The van der Waals surface area contributed by atoms with Crippen LogP contribution in [0.1, 0.15) is 31.7 Å². The van der Waals surface area contributed by atoms with Crippen LogP contribution in [-0.2, 0) is 11.3 Å². The van der Waals surface area contributed by atoms with E-state index >= 15 is 0 Å². The van der Waals surface area contributed by atoms with Gasteiger partial charge in [-0.15, -0.1) is 0 Å². The van der Waals surface area contributed by atoms with E-state index in [1.54, 1.807) is 11.9 Å². The van der Waals surface area contributed by atoms with Crippen LogP contribution in [0.15, 0.2) is 10.6 Å². The van der Waals surface area contributed by atoms with Gasteiger partial charge in [-0.1, -0.05) is 25.4 Å². The minimum absolute atomic E-state index is 0.0556. The first-order valence-electron chi connectivity index (χ1n) is 5.88. The number of aromatic nitrogens is 1. The first kappa shape index (κ1) is 13.7. The molecular weight excluding hydrogens is 218 g/mol. The van der Waals surface area contributed by atoms with Crippen LogP contribution in [0.5, 0.6) is 0 Å². The lowest BCUT2D eigenvalue weighted by Gasteiger charge is -2.23. The zero-order valence-corrected chi connectivity index (χ0v) is 10.9. The molecule has 96 valence electrons.